The Bertz CT molecular complexity index is 440. The van der Waals surface area contributed by atoms with Crippen molar-refractivity contribution in [1.82, 2.24) is 10.2 Å². The van der Waals surface area contributed by atoms with E-state index in [1.54, 1.807) is 0 Å². The van der Waals surface area contributed by atoms with E-state index >= 15 is 0 Å². The summed E-state index contributed by atoms with van der Waals surface area (Å²) >= 11 is 0. The predicted octanol–water partition coefficient (Wildman–Crippen LogP) is 2.66. The Hall–Kier alpha value is -0.900. The van der Waals surface area contributed by atoms with Crippen LogP contribution in [-0.2, 0) is 0 Å². The number of nitrogens with one attached hydrogen (secondary N) is 1. The van der Waals surface area contributed by atoms with Gasteiger partial charge in [-0.3, -0.25) is 0 Å². The lowest BCUT2D eigenvalue weighted by Gasteiger charge is -2.35. The summed E-state index contributed by atoms with van der Waals surface area (Å²) in [6, 6.07) is 7.21. The molecule has 1 aliphatic heterocycles. The van der Waals surface area contributed by atoms with Crippen molar-refractivity contribution >= 4 is 0 Å². The number of aryl methyl sites for hydroxylation is 2. The van der Waals surface area contributed by atoms with Gasteiger partial charge in [-0.05, 0) is 51.8 Å². The van der Waals surface area contributed by atoms with Gasteiger partial charge in [-0.1, -0.05) is 36.2 Å². The first kappa shape index (κ1) is 16.5. The van der Waals surface area contributed by atoms with Gasteiger partial charge in [-0.25, -0.2) is 0 Å². The van der Waals surface area contributed by atoms with Crippen LogP contribution in [0.25, 0.3) is 0 Å². The molecule has 0 aromatic heterocycles. The number of piperidine rings is 1. The van der Waals surface area contributed by atoms with Gasteiger partial charge < -0.3 is 15.3 Å². The molecule has 1 aliphatic rings. The molecule has 118 valence electrons. The summed E-state index contributed by atoms with van der Waals surface area (Å²) in [6.45, 7) is 9.61. The number of hydrogen-bond donors (Lipinski definition) is 2. The predicted molar refractivity (Wildman–Crippen MR) is 88.6 cm³/mol. The highest BCUT2D eigenvalue weighted by molar-refractivity contribution is 5.30. The third kappa shape index (κ3) is 4.53. The highest BCUT2D eigenvalue weighted by Gasteiger charge is 2.24. The summed E-state index contributed by atoms with van der Waals surface area (Å²) in [6.07, 6.45) is 1.91. The summed E-state index contributed by atoms with van der Waals surface area (Å²) in [5.41, 5.74) is 4.06. The van der Waals surface area contributed by atoms with Crippen LogP contribution in [0, 0.1) is 19.8 Å². The maximum Gasteiger partial charge on any atom is 0.0590 e. The lowest BCUT2D eigenvalue weighted by molar-refractivity contribution is 0.0338. The molecule has 0 radical (unpaired) electrons. The van der Waals surface area contributed by atoms with Crippen molar-refractivity contribution in [3.05, 3.63) is 34.9 Å². The van der Waals surface area contributed by atoms with Gasteiger partial charge >= 0.3 is 0 Å². The molecule has 1 heterocycles. The lowest BCUT2D eigenvalue weighted by Crippen LogP contribution is -2.42. The van der Waals surface area contributed by atoms with Crippen LogP contribution in [0.3, 0.4) is 0 Å². The van der Waals surface area contributed by atoms with Crippen molar-refractivity contribution in [2.24, 2.45) is 5.92 Å². The molecule has 0 saturated carbocycles. The molecule has 0 bridgehead atoms. The minimum absolute atomic E-state index is 0.110. The number of rotatable bonds is 5. The molecule has 0 spiro atoms. The summed E-state index contributed by atoms with van der Waals surface area (Å²) in [4.78, 5) is 2.49. The van der Waals surface area contributed by atoms with Crippen LogP contribution in [0.1, 0.15) is 42.5 Å². The Morgan fingerprint density at radius 2 is 1.95 bits per heavy atom. The second-order valence-electron chi connectivity index (χ2n) is 6.68. The van der Waals surface area contributed by atoms with Gasteiger partial charge in [0, 0.05) is 19.1 Å². The van der Waals surface area contributed by atoms with Gasteiger partial charge in [0.15, 0.2) is 0 Å². The molecule has 3 unspecified atom stereocenters. The van der Waals surface area contributed by atoms with Crippen molar-refractivity contribution in [1.29, 1.82) is 0 Å². The molecular weight excluding hydrogens is 260 g/mol. The third-order valence-corrected chi connectivity index (χ3v) is 4.67. The zero-order valence-corrected chi connectivity index (χ0v) is 13.9. The minimum Gasteiger partial charge on any atom is -0.393 e. The van der Waals surface area contributed by atoms with Gasteiger partial charge in [-0.15, -0.1) is 0 Å². The van der Waals surface area contributed by atoms with E-state index in [1.807, 2.05) is 7.05 Å². The van der Waals surface area contributed by atoms with Crippen molar-refractivity contribution < 1.29 is 5.11 Å². The SMILES string of the molecule is CNC(CCN1CCC(O)C(C)C1)c1cc(C)cc(C)c1. The third-order valence-electron chi connectivity index (χ3n) is 4.67. The number of nitrogens with zero attached hydrogens (tertiary/aromatic N) is 1. The van der Waals surface area contributed by atoms with Crippen molar-refractivity contribution in [3.8, 4) is 0 Å². The molecule has 1 aromatic carbocycles. The van der Waals surface area contributed by atoms with E-state index in [2.05, 4.69) is 49.2 Å². The van der Waals surface area contributed by atoms with Gasteiger partial charge in [0.05, 0.1) is 6.10 Å². The summed E-state index contributed by atoms with van der Waals surface area (Å²) < 4.78 is 0. The van der Waals surface area contributed by atoms with Gasteiger partial charge in [-0.2, -0.15) is 0 Å². The molecule has 21 heavy (non-hydrogen) atoms. The Kier molecular flexibility index (Phi) is 5.80. The number of aliphatic hydroxyl groups excluding tert-OH is 1. The Labute approximate surface area is 129 Å². The van der Waals surface area contributed by atoms with Crippen LogP contribution >= 0.6 is 0 Å². The van der Waals surface area contributed by atoms with Crippen molar-refractivity contribution in [2.45, 2.75) is 45.8 Å². The topological polar surface area (TPSA) is 35.5 Å². The first-order chi connectivity index (χ1) is 9.99. The number of benzene rings is 1. The van der Waals surface area contributed by atoms with Crippen molar-refractivity contribution in [2.75, 3.05) is 26.7 Å². The van der Waals surface area contributed by atoms with Crippen LogP contribution < -0.4 is 5.32 Å². The lowest BCUT2D eigenvalue weighted by atomic mass is 9.95. The molecule has 1 saturated heterocycles. The largest absolute Gasteiger partial charge is 0.393 e. The minimum atomic E-state index is -0.110. The van der Waals surface area contributed by atoms with Crippen LogP contribution in [-0.4, -0.2) is 42.8 Å². The average molecular weight is 290 g/mol. The first-order valence-corrected chi connectivity index (χ1v) is 8.15. The zero-order chi connectivity index (χ0) is 15.4. The zero-order valence-electron chi connectivity index (χ0n) is 13.9. The van der Waals surface area contributed by atoms with E-state index in [9.17, 15) is 5.11 Å². The Balaban J connectivity index is 1.93. The number of aliphatic hydroxyl groups is 1. The molecule has 3 atom stereocenters. The first-order valence-electron chi connectivity index (χ1n) is 8.15. The summed E-state index contributed by atoms with van der Waals surface area (Å²) in [5, 5.41) is 13.3. The van der Waals surface area contributed by atoms with Crippen molar-refractivity contribution in [3.63, 3.8) is 0 Å². The van der Waals surface area contributed by atoms with Crippen LogP contribution in [0.2, 0.25) is 0 Å². The van der Waals surface area contributed by atoms with Gasteiger partial charge in [0.1, 0.15) is 0 Å². The maximum absolute atomic E-state index is 9.82. The molecule has 3 nitrogen and oxygen atoms in total. The van der Waals surface area contributed by atoms with Crippen LogP contribution in [0.15, 0.2) is 18.2 Å². The van der Waals surface area contributed by atoms with E-state index in [0.717, 1.165) is 32.5 Å². The monoisotopic (exact) mass is 290 g/mol. The number of likely N-dealkylation sites (tertiary alicyclic amines) is 1. The van der Waals surface area contributed by atoms with Gasteiger partial charge in [0.25, 0.3) is 0 Å². The highest BCUT2D eigenvalue weighted by Crippen LogP contribution is 2.22. The standard InChI is InChI=1S/C18H30N2O/c1-13-9-14(2)11-16(10-13)17(19-4)5-7-20-8-6-18(21)15(3)12-20/h9-11,15,17-19,21H,5-8,12H2,1-4H3. The Morgan fingerprint density at radius 1 is 1.29 bits per heavy atom. The molecular formula is C18H30N2O. The summed E-state index contributed by atoms with van der Waals surface area (Å²) in [5.74, 6) is 0.396. The van der Waals surface area contributed by atoms with E-state index < -0.39 is 0 Å². The Morgan fingerprint density at radius 3 is 2.52 bits per heavy atom. The smallest absolute Gasteiger partial charge is 0.0590 e. The molecule has 3 heteroatoms. The highest BCUT2D eigenvalue weighted by atomic mass is 16.3. The second kappa shape index (κ2) is 7.39. The molecule has 0 aliphatic carbocycles. The van der Waals surface area contributed by atoms with E-state index in [4.69, 9.17) is 0 Å². The molecule has 2 N–H and O–H groups in total. The fourth-order valence-electron chi connectivity index (χ4n) is 3.42. The quantitative estimate of drug-likeness (QED) is 0.875. The van der Waals surface area contributed by atoms with Crippen LogP contribution in [0.5, 0.6) is 0 Å². The van der Waals surface area contributed by atoms with E-state index in [1.165, 1.54) is 16.7 Å². The molecule has 0 amide bonds. The average Bonchev–Trinajstić information content (AvgIpc) is 2.42. The summed E-state index contributed by atoms with van der Waals surface area (Å²) in [7, 11) is 2.05. The van der Waals surface area contributed by atoms with E-state index in [-0.39, 0.29) is 6.10 Å². The number of hydrogen-bond acceptors (Lipinski definition) is 3. The molecule has 1 aromatic rings. The molecule has 1 fully saturated rings. The molecule has 2 rings (SSSR count). The van der Waals surface area contributed by atoms with E-state index in [0.29, 0.717) is 12.0 Å². The fourth-order valence-corrected chi connectivity index (χ4v) is 3.42. The fraction of sp³-hybridized carbons (Fsp3) is 0.667. The normalized spacial score (nSPS) is 25.0. The maximum atomic E-state index is 9.82. The second-order valence-corrected chi connectivity index (χ2v) is 6.68. The van der Waals surface area contributed by atoms with Gasteiger partial charge in [0.2, 0.25) is 0 Å². The van der Waals surface area contributed by atoms with Crippen LogP contribution in [0.4, 0.5) is 0 Å².